The van der Waals surface area contributed by atoms with E-state index in [9.17, 15) is 4.79 Å². The van der Waals surface area contributed by atoms with E-state index in [4.69, 9.17) is 20.2 Å². The van der Waals surface area contributed by atoms with Crippen LogP contribution in [0.3, 0.4) is 0 Å². The Morgan fingerprint density at radius 2 is 2.10 bits per heavy atom. The Kier molecular flexibility index (Phi) is 5.00. The van der Waals surface area contributed by atoms with Gasteiger partial charge in [-0.3, -0.25) is 9.20 Å². The number of nitrogen functional groups attached to an aromatic ring is 1. The Morgan fingerprint density at radius 1 is 1.27 bits per heavy atom. The number of morpholine rings is 1. The number of rotatable bonds is 5. The Labute approximate surface area is 174 Å². The zero-order valence-corrected chi connectivity index (χ0v) is 16.8. The van der Waals surface area contributed by atoms with Gasteiger partial charge < -0.3 is 20.1 Å². The summed E-state index contributed by atoms with van der Waals surface area (Å²) in [5.41, 5.74) is 8.74. The molecule has 1 saturated carbocycles. The molecule has 3 heterocycles. The van der Waals surface area contributed by atoms with Crippen LogP contribution in [0.5, 0.6) is 5.75 Å². The maximum Gasteiger partial charge on any atom is 0.260 e. The van der Waals surface area contributed by atoms with Gasteiger partial charge in [-0.15, -0.1) is 0 Å². The number of carbonyl (C=O) groups excluding carboxylic acids is 1. The summed E-state index contributed by atoms with van der Waals surface area (Å²) in [7, 11) is 0. The summed E-state index contributed by atoms with van der Waals surface area (Å²) in [5, 5.41) is 0. The second kappa shape index (κ2) is 7.95. The number of aromatic nitrogens is 3. The number of nitrogens with zero attached hydrogens (tertiary/aromatic N) is 4. The summed E-state index contributed by atoms with van der Waals surface area (Å²) in [5.74, 6) is 2.55. The molecule has 1 amide bonds. The molecule has 0 unspecified atom stereocenters. The van der Waals surface area contributed by atoms with Crippen molar-refractivity contribution in [1.29, 1.82) is 0 Å². The number of carbonyl (C=O) groups is 1. The molecule has 5 rings (SSSR count). The minimum absolute atomic E-state index is 0.00438. The molecule has 1 aliphatic heterocycles. The van der Waals surface area contributed by atoms with Crippen LogP contribution in [0.4, 0.5) is 5.82 Å². The van der Waals surface area contributed by atoms with E-state index in [0.717, 1.165) is 35.4 Å². The molecule has 3 aromatic rings. The van der Waals surface area contributed by atoms with Gasteiger partial charge in [0.2, 0.25) is 0 Å². The molecule has 30 heavy (non-hydrogen) atoms. The van der Waals surface area contributed by atoms with Crippen molar-refractivity contribution in [2.24, 2.45) is 0 Å². The first kappa shape index (κ1) is 18.9. The largest absolute Gasteiger partial charge is 0.484 e. The van der Waals surface area contributed by atoms with Gasteiger partial charge in [0.1, 0.15) is 28.6 Å². The van der Waals surface area contributed by atoms with Crippen molar-refractivity contribution in [1.82, 2.24) is 19.3 Å². The van der Waals surface area contributed by atoms with Crippen LogP contribution in [-0.2, 0) is 9.53 Å². The molecule has 1 saturated heterocycles. The van der Waals surface area contributed by atoms with E-state index in [1.54, 1.807) is 11.1 Å². The number of imidazole rings is 1. The number of amides is 1. The van der Waals surface area contributed by atoms with Crippen molar-refractivity contribution in [2.75, 3.05) is 38.6 Å². The predicted molar refractivity (Wildman–Crippen MR) is 112 cm³/mol. The molecular weight excluding hydrogens is 382 g/mol. The third kappa shape index (κ3) is 3.47. The quantitative estimate of drug-likeness (QED) is 0.698. The first-order chi connectivity index (χ1) is 14.7. The lowest BCUT2D eigenvalue weighted by Gasteiger charge is -2.26. The molecule has 2 aliphatic rings. The lowest BCUT2D eigenvalue weighted by Crippen LogP contribution is -2.42. The summed E-state index contributed by atoms with van der Waals surface area (Å²) in [6, 6.07) is 7.65. The lowest BCUT2D eigenvalue weighted by atomic mass is 9.85. The molecule has 1 aromatic carbocycles. The minimum Gasteiger partial charge on any atom is -0.484 e. The van der Waals surface area contributed by atoms with Crippen molar-refractivity contribution >= 4 is 17.2 Å². The predicted octanol–water partition coefficient (Wildman–Crippen LogP) is 2.48. The second-order valence-electron chi connectivity index (χ2n) is 7.79. The van der Waals surface area contributed by atoms with Gasteiger partial charge in [0.05, 0.1) is 13.2 Å². The molecule has 1 aliphatic carbocycles. The topological polar surface area (TPSA) is 95.0 Å². The molecule has 2 N–H and O–H groups in total. The molecule has 2 fully saturated rings. The first-order valence-corrected chi connectivity index (χ1v) is 10.4. The van der Waals surface area contributed by atoms with Crippen molar-refractivity contribution in [3.63, 3.8) is 0 Å². The fourth-order valence-corrected chi connectivity index (χ4v) is 4.03. The SMILES string of the molecule is Nc1nccn2c(C3CCC3)nc(-c3cccc(OCC(=O)N4CCOCC4)c3)c12. The summed E-state index contributed by atoms with van der Waals surface area (Å²) in [6.45, 7) is 2.38. The van der Waals surface area contributed by atoms with E-state index < -0.39 is 0 Å². The molecular formula is C22H25N5O3. The number of ether oxygens (including phenoxy) is 2. The van der Waals surface area contributed by atoms with Gasteiger partial charge in [-0.1, -0.05) is 18.6 Å². The van der Waals surface area contributed by atoms with E-state index >= 15 is 0 Å². The highest BCUT2D eigenvalue weighted by molar-refractivity contribution is 5.86. The summed E-state index contributed by atoms with van der Waals surface area (Å²) in [6.07, 6.45) is 7.17. The van der Waals surface area contributed by atoms with Gasteiger partial charge in [0.15, 0.2) is 6.61 Å². The Morgan fingerprint density at radius 3 is 2.87 bits per heavy atom. The fourth-order valence-electron chi connectivity index (χ4n) is 4.03. The van der Waals surface area contributed by atoms with Gasteiger partial charge in [-0.25, -0.2) is 9.97 Å². The number of nitrogens with two attached hydrogens (primary N) is 1. The highest BCUT2D eigenvalue weighted by Gasteiger charge is 2.27. The van der Waals surface area contributed by atoms with Gasteiger partial charge in [0, 0.05) is 37.0 Å². The van der Waals surface area contributed by atoms with Gasteiger partial charge in [0.25, 0.3) is 5.91 Å². The average Bonchev–Trinajstić information content (AvgIpc) is 3.12. The average molecular weight is 407 g/mol. The third-order valence-electron chi connectivity index (χ3n) is 5.91. The second-order valence-corrected chi connectivity index (χ2v) is 7.79. The Bertz CT molecular complexity index is 1070. The van der Waals surface area contributed by atoms with E-state index in [2.05, 4.69) is 9.38 Å². The highest BCUT2D eigenvalue weighted by atomic mass is 16.5. The van der Waals surface area contributed by atoms with Crippen LogP contribution in [0, 0.1) is 0 Å². The number of hydrogen-bond acceptors (Lipinski definition) is 6. The maximum atomic E-state index is 12.4. The number of hydrogen-bond donors (Lipinski definition) is 1. The summed E-state index contributed by atoms with van der Waals surface area (Å²) >= 11 is 0. The summed E-state index contributed by atoms with van der Waals surface area (Å²) < 4.78 is 13.2. The van der Waals surface area contributed by atoms with Crippen LogP contribution in [0.2, 0.25) is 0 Å². The van der Waals surface area contributed by atoms with E-state index in [0.29, 0.717) is 43.8 Å². The number of anilines is 1. The van der Waals surface area contributed by atoms with Crippen molar-refractivity contribution in [3.05, 3.63) is 42.5 Å². The standard InChI is InChI=1S/C22H25N5O3/c23-21-20-19(25-22(15-3-1-4-15)27(20)8-7-24-21)16-5-2-6-17(13-16)30-14-18(28)26-9-11-29-12-10-26/h2,5-8,13,15H,1,3-4,9-12,14H2,(H2,23,24). The Balaban J connectivity index is 1.41. The minimum atomic E-state index is -0.0307. The molecule has 2 aromatic heterocycles. The van der Waals surface area contributed by atoms with Crippen LogP contribution in [0.25, 0.3) is 16.8 Å². The zero-order valence-electron chi connectivity index (χ0n) is 16.8. The van der Waals surface area contributed by atoms with Crippen molar-refractivity contribution < 1.29 is 14.3 Å². The monoisotopic (exact) mass is 407 g/mol. The molecule has 8 heteroatoms. The van der Waals surface area contributed by atoms with E-state index in [-0.39, 0.29) is 12.5 Å². The number of fused-ring (bicyclic) bond motifs is 1. The van der Waals surface area contributed by atoms with E-state index in [1.807, 2.05) is 30.5 Å². The van der Waals surface area contributed by atoms with E-state index in [1.165, 1.54) is 6.42 Å². The molecule has 0 atom stereocenters. The summed E-state index contributed by atoms with van der Waals surface area (Å²) in [4.78, 5) is 23.4. The van der Waals surface area contributed by atoms with Crippen LogP contribution < -0.4 is 10.5 Å². The van der Waals surface area contributed by atoms with Crippen molar-refractivity contribution in [3.8, 4) is 17.0 Å². The third-order valence-corrected chi connectivity index (χ3v) is 5.91. The Hall–Kier alpha value is -3.13. The van der Waals surface area contributed by atoms with Gasteiger partial charge in [-0.2, -0.15) is 0 Å². The van der Waals surface area contributed by atoms with Crippen LogP contribution in [-0.4, -0.2) is 58.1 Å². The highest BCUT2D eigenvalue weighted by Crippen LogP contribution is 2.39. The molecule has 8 nitrogen and oxygen atoms in total. The first-order valence-electron chi connectivity index (χ1n) is 10.4. The molecule has 0 bridgehead atoms. The smallest absolute Gasteiger partial charge is 0.260 e. The van der Waals surface area contributed by atoms with Gasteiger partial charge in [-0.05, 0) is 25.0 Å². The van der Waals surface area contributed by atoms with Crippen LogP contribution >= 0.6 is 0 Å². The van der Waals surface area contributed by atoms with Crippen molar-refractivity contribution in [2.45, 2.75) is 25.2 Å². The number of benzene rings is 1. The van der Waals surface area contributed by atoms with Crippen LogP contribution in [0.1, 0.15) is 31.0 Å². The normalized spacial score (nSPS) is 17.1. The molecule has 156 valence electrons. The zero-order chi connectivity index (χ0) is 20.5. The fraction of sp³-hybridized carbons (Fsp3) is 0.409. The molecule has 0 radical (unpaired) electrons. The molecule has 0 spiro atoms. The van der Waals surface area contributed by atoms with Crippen LogP contribution in [0.15, 0.2) is 36.7 Å². The maximum absolute atomic E-state index is 12.4. The lowest BCUT2D eigenvalue weighted by molar-refractivity contribution is -0.137. The van der Waals surface area contributed by atoms with Gasteiger partial charge >= 0.3 is 0 Å².